The third-order valence-electron chi connectivity index (χ3n) is 8.99. The van der Waals surface area contributed by atoms with Crippen molar-refractivity contribution in [3.63, 3.8) is 0 Å². The number of aromatic nitrogens is 4. The predicted molar refractivity (Wildman–Crippen MR) is 203 cm³/mol. The van der Waals surface area contributed by atoms with Crippen molar-refractivity contribution in [1.82, 2.24) is 19.5 Å². The molecule has 7 aromatic carbocycles. The summed E-state index contributed by atoms with van der Waals surface area (Å²) in [6.07, 6.45) is 0. The van der Waals surface area contributed by atoms with Crippen LogP contribution in [0.3, 0.4) is 0 Å². The van der Waals surface area contributed by atoms with E-state index < -0.39 is 0 Å². The second-order valence-electron chi connectivity index (χ2n) is 12.0. The molecule has 5 heteroatoms. The van der Waals surface area contributed by atoms with Gasteiger partial charge in [0.2, 0.25) is 0 Å². The molecule has 234 valence electrons. The summed E-state index contributed by atoms with van der Waals surface area (Å²) in [6.45, 7) is 0. The van der Waals surface area contributed by atoms with E-state index in [1.165, 1.54) is 12.1 Å². The summed E-state index contributed by atoms with van der Waals surface area (Å²) in [6, 6.07) is 41.5. The second kappa shape index (κ2) is 11.4. The lowest BCUT2D eigenvalue weighted by Crippen LogP contribution is -2.00. The van der Waals surface area contributed by atoms with Crippen molar-refractivity contribution in [1.29, 1.82) is 0 Å². The highest BCUT2D eigenvalue weighted by molar-refractivity contribution is 6.10. The lowest BCUT2D eigenvalue weighted by molar-refractivity contribution is 0.669. The molecule has 0 N–H and O–H groups in total. The number of benzene rings is 7. The topological polar surface area (TPSA) is 56.7 Å². The van der Waals surface area contributed by atoms with E-state index in [2.05, 4.69) is 24.3 Å². The Balaban J connectivity index is 1.13. The van der Waals surface area contributed by atoms with Crippen LogP contribution >= 0.6 is 0 Å². The third-order valence-corrected chi connectivity index (χ3v) is 8.99. The molecule has 0 saturated heterocycles. The average Bonchev–Trinajstić information content (AvgIpc) is 3.79. The van der Waals surface area contributed by atoms with Gasteiger partial charge in [-0.15, -0.1) is 0 Å². The zero-order valence-electron chi connectivity index (χ0n) is 32.4. The fourth-order valence-electron chi connectivity index (χ4n) is 6.63. The van der Waals surface area contributed by atoms with Crippen molar-refractivity contribution in [2.45, 2.75) is 0 Å². The van der Waals surface area contributed by atoms with Crippen molar-refractivity contribution in [3.8, 4) is 51.0 Å². The average molecular weight is 647 g/mol. The molecule has 0 unspecified atom stereocenters. The molecule has 0 amide bonds. The van der Waals surface area contributed by atoms with Gasteiger partial charge >= 0.3 is 0 Å². The van der Waals surface area contributed by atoms with Gasteiger partial charge in [-0.05, 0) is 59.6 Å². The Morgan fingerprint density at radius 1 is 0.420 bits per heavy atom. The van der Waals surface area contributed by atoms with E-state index in [-0.39, 0.29) is 47.0 Å². The highest BCUT2D eigenvalue weighted by atomic mass is 16.3. The van der Waals surface area contributed by atoms with Crippen LogP contribution in [0, 0.1) is 0 Å². The number of hydrogen-bond acceptors (Lipinski definition) is 4. The van der Waals surface area contributed by atoms with Gasteiger partial charge in [-0.25, -0.2) is 15.0 Å². The molecular weight excluding hydrogens is 613 g/mol. The summed E-state index contributed by atoms with van der Waals surface area (Å²) < 4.78 is 59.9. The first-order chi connectivity index (χ1) is 27.2. The van der Waals surface area contributed by atoms with E-state index in [1.54, 1.807) is 4.57 Å². The Bertz CT molecular complexity index is 3150. The number of furan rings is 1. The largest absolute Gasteiger partial charge is 0.456 e. The summed E-state index contributed by atoms with van der Waals surface area (Å²) in [7, 11) is 0. The lowest BCUT2D eigenvalue weighted by Gasteiger charge is -2.10. The molecule has 0 atom stereocenters. The smallest absolute Gasteiger partial charge is 0.164 e. The molecule has 0 spiro atoms. The summed E-state index contributed by atoms with van der Waals surface area (Å²) in [4.78, 5) is 14.8. The summed E-state index contributed by atoms with van der Waals surface area (Å²) in [5, 5.41) is 2.03. The molecular formula is C45H28N4O. The SMILES string of the molecule is [2H]c1cc([2H])c2c(c1[2H])c1c([2H])c([2H])cc([2H])c1n2-c1ccc2oc3cc(-c4nc(-c5ccccc5)nc(-c5cccc(-c6ccccc6)c5)n4)ccc3c2c1. The van der Waals surface area contributed by atoms with Gasteiger partial charge in [0.15, 0.2) is 17.5 Å². The second-order valence-corrected chi connectivity index (χ2v) is 12.0. The minimum Gasteiger partial charge on any atom is -0.456 e. The molecule has 0 saturated carbocycles. The maximum atomic E-state index is 8.85. The first-order valence-corrected chi connectivity index (χ1v) is 16.2. The van der Waals surface area contributed by atoms with Crippen LogP contribution in [0.2, 0.25) is 0 Å². The number of hydrogen-bond donors (Lipinski definition) is 0. The van der Waals surface area contributed by atoms with Crippen molar-refractivity contribution >= 4 is 43.7 Å². The van der Waals surface area contributed by atoms with Gasteiger partial charge in [0, 0.05) is 43.9 Å². The predicted octanol–water partition coefficient (Wildman–Crippen LogP) is 11.5. The van der Waals surface area contributed by atoms with Crippen LogP contribution in [0.25, 0.3) is 94.7 Å². The van der Waals surface area contributed by atoms with Gasteiger partial charge in [-0.1, -0.05) is 121 Å². The van der Waals surface area contributed by atoms with E-state index in [0.717, 1.165) is 38.6 Å². The molecule has 3 heterocycles. The minimum absolute atomic E-state index is 0.0114. The van der Waals surface area contributed by atoms with Gasteiger partial charge in [-0.3, -0.25) is 0 Å². The molecule has 10 rings (SSSR count). The normalized spacial score (nSPS) is 13.3. The maximum absolute atomic E-state index is 8.85. The van der Waals surface area contributed by atoms with Gasteiger partial charge in [0.05, 0.1) is 19.3 Å². The van der Waals surface area contributed by atoms with Crippen LogP contribution in [0.4, 0.5) is 0 Å². The molecule has 50 heavy (non-hydrogen) atoms. The van der Waals surface area contributed by atoms with Crippen molar-refractivity contribution in [2.24, 2.45) is 0 Å². The summed E-state index contributed by atoms with van der Waals surface area (Å²) in [5.74, 6) is 1.56. The van der Waals surface area contributed by atoms with Gasteiger partial charge < -0.3 is 8.98 Å². The number of rotatable bonds is 5. The Morgan fingerprint density at radius 2 is 1.02 bits per heavy atom. The first-order valence-electron chi connectivity index (χ1n) is 19.2. The van der Waals surface area contributed by atoms with Crippen LogP contribution in [-0.2, 0) is 0 Å². The lowest BCUT2D eigenvalue weighted by atomic mass is 10.0. The Hall–Kier alpha value is -6.85. The van der Waals surface area contributed by atoms with Crippen molar-refractivity contribution in [3.05, 3.63) is 170 Å². The van der Waals surface area contributed by atoms with Crippen LogP contribution in [0.1, 0.15) is 8.22 Å². The van der Waals surface area contributed by atoms with Crippen LogP contribution in [-0.4, -0.2) is 19.5 Å². The van der Waals surface area contributed by atoms with Gasteiger partial charge in [0.25, 0.3) is 0 Å². The molecule has 10 aromatic rings. The van der Waals surface area contributed by atoms with Crippen LogP contribution < -0.4 is 0 Å². The first kappa shape index (κ1) is 22.7. The highest BCUT2D eigenvalue weighted by Crippen LogP contribution is 2.37. The van der Waals surface area contributed by atoms with E-state index in [9.17, 15) is 0 Å². The molecule has 0 aliphatic carbocycles. The Morgan fingerprint density at radius 3 is 1.72 bits per heavy atom. The number of para-hydroxylation sites is 2. The van der Waals surface area contributed by atoms with Crippen LogP contribution in [0.15, 0.2) is 174 Å². The molecule has 0 aliphatic heterocycles. The molecule has 0 aliphatic rings. The monoisotopic (exact) mass is 646 g/mol. The fraction of sp³-hybridized carbons (Fsp3) is 0. The standard InChI is InChI=1S/C45H28N4O/c1-3-12-29(13-4-1)31-16-11-17-32(26-31)44-46-43(30-14-5-2-6-15-30)47-45(48-44)33-22-24-37-38-28-34(23-25-41(38)50-42(37)27-33)49-39-20-9-7-18-35(39)36-19-8-10-21-40(36)49/h1-28H/i7D,8D,18D,19D,20D,21D. The van der Waals surface area contributed by atoms with Crippen LogP contribution in [0.5, 0.6) is 0 Å². The minimum atomic E-state index is -0.156. The molecule has 5 nitrogen and oxygen atoms in total. The summed E-state index contributed by atoms with van der Waals surface area (Å²) in [5.41, 5.74) is 7.01. The van der Waals surface area contributed by atoms with E-state index in [0.29, 0.717) is 45.4 Å². The number of fused-ring (bicyclic) bond motifs is 6. The van der Waals surface area contributed by atoms with Gasteiger partial charge in [0.1, 0.15) is 11.2 Å². The fourth-order valence-corrected chi connectivity index (χ4v) is 6.63. The number of nitrogens with zero attached hydrogens (tertiary/aromatic N) is 4. The highest BCUT2D eigenvalue weighted by Gasteiger charge is 2.17. The zero-order chi connectivity index (χ0) is 38.2. The maximum Gasteiger partial charge on any atom is 0.164 e. The zero-order valence-corrected chi connectivity index (χ0v) is 26.4. The van der Waals surface area contributed by atoms with E-state index in [1.807, 2.05) is 97.1 Å². The Labute approximate surface area is 296 Å². The third kappa shape index (κ3) is 4.67. The van der Waals surface area contributed by atoms with Crippen molar-refractivity contribution in [2.75, 3.05) is 0 Å². The molecule has 0 fully saturated rings. The van der Waals surface area contributed by atoms with Gasteiger partial charge in [-0.2, -0.15) is 0 Å². The Kier molecular flexibility index (Phi) is 5.17. The van der Waals surface area contributed by atoms with E-state index >= 15 is 0 Å². The molecule has 3 aromatic heterocycles. The quantitative estimate of drug-likeness (QED) is 0.187. The molecule has 0 bridgehead atoms. The summed E-state index contributed by atoms with van der Waals surface area (Å²) >= 11 is 0. The van der Waals surface area contributed by atoms with Crippen molar-refractivity contribution < 1.29 is 12.6 Å². The molecule has 0 radical (unpaired) electrons. The van der Waals surface area contributed by atoms with E-state index in [4.69, 9.17) is 27.6 Å².